The van der Waals surface area contributed by atoms with Crippen LogP contribution >= 0.6 is 0 Å². The maximum Gasteiger partial charge on any atom is 0.416 e. The predicted molar refractivity (Wildman–Crippen MR) is 59.4 cm³/mol. The van der Waals surface area contributed by atoms with E-state index >= 15 is 0 Å². The molecule has 1 aromatic carbocycles. The molecular formula is C13H10F3N. The second-order valence-corrected chi connectivity index (χ2v) is 3.51. The molecule has 1 nitrogen and oxygen atoms in total. The van der Waals surface area contributed by atoms with E-state index in [1.807, 2.05) is 0 Å². The molecule has 88 valence electrons. The summed E-state index contributed by atoms with van der Waals surface area (Å²) < 4.78 is 59.5. The smallest absolute Gasteiger partial charge is 0.256 e. The highest BCUT2D eigenvalue weighted by Crippen LogP contribution is 2.31. The molecule has 0 spiro atoms. The third-order valence-electron chi connectivity index (χ3n) is 2.25. The third-order valence-corrected chi connectivity index (χ3v) is 2.25. The Morgan fingerprint density at radius 1 is 1.18 bits per heavy atom. The molecule has 0 aliphatic carbocycles. The van der Waals surface area contributed by atoms with Crippen LogP contribution in [0.3, 0.4) is 0 Å². The molecule has 0 saturated heterocycles. The fourth-order valence-corrected chi connectivity index (χ4v) is 1.42. The van der Waals surface area contributed by atoms with Crippen LogP contribution in [0.2, 0.25) is 0 Å². The Morgan fingerprint density at radius 3 is 2.59 bits per heavy atom. The zero-order valence-corrected chi connectivity index (χ0v) is 8.62. The summed E-state index contributed by atoms with van der Waals surface area (Å²) in [4.78, 5) is 3.91. The van der Waals surface area contributed by atoms with Crippen LogP contribution in [0.15, 0.2) is 42.6 Å². The van der Waals surface area contributed by atoms with Gasteiger partial charge in [-0.25, -0.2) is 0 Å². The average Bonchev–Trinajstić information content (AvgIpc) is 2.37. The lowest BCUT2D eigenvalue weighted by atomic mass is 10.1. The molecule has 0 amide bonds. The number of nitrogens with zero attached hydrogens (tertiary/aromatic N) is 1. The average molecular weight is 240 g/mol. The van der Waals surface area contributed by atoms with Gasteiger partial charge in [-0.3, -0.25) is 4.98 Å². The summed E-state index contributed by atoms with van der Waals surface area (Å²) in [5, 5.41) is 0. The van der Waals surface area contributed by atoms with Crippen molar-refractivity contribution in [2.24, 2.45) is 0 Å². The van der Waals surface area contributed by atoms with E-state index in [0.717, 1.165) is 18.3 Å². The highest BCUT2D eigenvalue weighted by molar-refractivity contribution is 5.60. The van der Waals surface area contributed by atoms with Gasteiger partial charge in [-0.05, 0) is 30.6 Å². The maximum atomic E-state index is 12.6. The van der Waals surface area contributed by atoms with Gasteiger partial charge in [0.05, 0.1) is 11.3 Å². The number of aromatic nitrogens is 1. The number of rotatable bonds is 1. The van der Waals surface area contributed by atoms with Crippen LogP contribution in [-0.2, 0) is 6.18 Å². The van der Waals surface area contributed by atoms with Crippen molar-refractivity contribution >= 4 is 0 Å². The molecule has 1 heterocycles. The molecular weight excluding hydrogens is 227 g/mol. The molecule has 0 unspecified atom stereocenters. The van der Waals surface area contributed by atoms with Crippen molar-refractivity contribution < 1.29 is 17.3 Å². The molecule has 0 aliphatic heterocycles. The van der Waals surface area contributed by atoms with Crippen LogP contribution < -0.4 is 0 Å². The number of pyridine rings is 1. The quantitative estimate of drug-likeness (QED) is 0.732. The van der Waals surface area contributed by atoms with E-state index in [0.29, 0.717) is 5.69 Å². The topological polar surface area (TPSA) is 12.9 Å². The van der Waals surface area contributed by atoms with Gasteiger partial charge in [-0.15, -0.1) is 0 Å². The van der Waals surface area contributed by atoms with Gasteiger partial charge in [0.15, 0.2) is 0 Å². The van der Waals surface area contributed by atoms with Gasteiger partial charge in [-0.2, -0.15) is 13.2 Å². The molecule has 1 aromatic heterocycles. The monoisotopic (exact) mass is 240 g/mol. The number of hydrogen-bond donors (Lipinski definition) is 0. The standard InChI is InChI=1S/C13H10F3N/c1-9-5-6-12(17-8-9)10-3-2-4-11(7-10)13(14,15)16/h2-8H,1H3/i1D3. The van der Waals surface area contributed by atoms with E-state index in [4.69, 9.17) is 4.11 Å². The van der Waals surface area contributed by atoms with E-state index in [-0.39, 0.29) is 11.1 Å². The summed E-state index contributed by atoms with van der Waals surface area (Å²) >= 11 is 0. The molecule has 0 N–H and O–H groups in total. The molecule has 0 aliphatic rings. The second-order valence-electron chi connectivity index (χ2n) is 3.51. The van der Waals surface area contributed by atoms with Gasteiger partial charge in [0, 0.05) is 15.9 Å². The van der Waals surface area contributed by atoms with Crippen molar-refractivity contribution in [3.05, 3.63) is 53.7 Å². The first kappa shape index (κ1) is 8.28. The predicted octanol–water partition coefficient (Wildman–Crippen LogP) is 4.08. The van der Waals surface area contributed by atoms with Gasteiger partial charge in [-0.1, -0.05) is 18.2 Å². The lowest BCUT2D eigenvalue weighted by molar-refractivity contribution is -0.137. The molecule has 0 saturated carbocycles. The Balaban J connectivity index is 2.38. The Bertz CT molecular complexity index is 603. The minimum Gasteiger partial charge on any atom is -0.256 e. The van der Waals surface area contributed by atoms with Gasteiger partial charge in [0.1, 0.15) is 0 Å². The number of benzene rings is 1. The van der Waals surface area contributed by atoms with Crippen LogP contribution in [0, 0.1) is 6.85 Å². The minimum atomic E-state index is -4.42. The molecule has 4 heteroatoms. The van der Waals surface area contributed by atoms with Gasteiger partial charge in [0.25, 0.3) is 0 Å². The lowest BCUT2D eigenvalue weighted by Gasteiger charge is -2.08. The normalized spacial score (nSPS) is 14.9. The van der Waals surface area contributed by atoms with Crippen molar-refractivity contribution in [3.63, 3.8) is 0 Å². The van der Waals surface area contributed by atoms with Crippen molar-refractivity contribution in [2.75, 3.05) is 0 Å². The van der Waals surface area contributed by atoms with Crippen molar-refractivity contribution in [2.45, 2.75) is 13.0 Å². The van der Waals surface area contributed by atoms with Gasteiger partial charge >= 0.3 is 6.18 Å². The van der Waals surface area contributed by atoms with E-state index in [2.05, 4.69) is 4.98 Å². The lowest BCUT2D eigenvalue weighted by Crippen LogP contribution is -2.04. The SMILES string of the molecule is [2H]C([2H])([2H])c1ccc(-c2cccc(C(F)(F)F)c2)nc1. The summed E-state index contributed by atoms with van der Waals surface area (Å²) in [5.74, 6) is 0. The molecule has 0 bridgehead atoms. The molecule has 0 radical (unpaired) electrons. The summed E-state index contributed by atoms with van der Waals surface area (Å²) in [6.07, 6.45) is -3.27. The molecule has 2 rings (SSSR count). The summed E-state index contributed by atoms with van der Waals surface area (Å²) in [5.41, 5.74) is -0.133. The van der Waals surface area contributed by atoms with Gasteiger partial charge in [0.2, 0.25) is 0 Å². The number of aryl methyl sites for hydroxylation is 1. The first-order valence-corrected chi connectivity index (χ1v) is 4.82. The Morgan fingerprint density at radius 2 is 2.00 bits per heavy atom. The first-order valence-electron chi connectivity index (χ1n) is 6.32. The third kappa shape index (κ3) is 2.64. The molecule has 0 fully saturated rings. The van der Waals surface area contributed by atoms with Crippen molar-refractivity contribution in [1.29, 1.82) is 0 Å². The Kier molecular flexibility index (Phi) is 2.05. The zero-order valence-electron chi connectivity index (χ0n) is 11.6. The molecule has 17 heavy (non-hydrogen) atoms. The van der Waals surface area contributed by atoms with Crippen LogP contribution in [0.5, 0.6) is 0 Å². The Labute approximate surface area is 101 Å². The number of halogens is 3. The highest BCUT2D eigenvalue weighted by atomic mass is 19.4. The summed E-state index contributed by atoms with van der Waals surface area (Å²) in [7, 11) is 0. The number of alkyl halides is 3. The number of hydrogen-bond acceptors (Lipinski definition) is 1. The fraction of sp³-hybridized carbons (Fsp3) is 0.154. The van der Waals surface area contributed by atoms with Crippen LogP contribution in [0.4, 0.5) is 13.2 Å². The van der Waals surface area contributed by atoms with Crippen molar-refractivity contribution in [3.8, 4) is 11.3 Å². The molecule has 2 aromatic rings. The van der Waals surface area contributed by atoms with Crippen molar-refractivity contribution in [1.82, 2.24) is 4.98 Å². The van der Waals surface area contributed by atoms with Crippen LogP contribution in [0.1, 0.15) is 15.2 Å². The zero-order chi connectivity index (χ0) is 15.0. The highest BCUT2D eigenvalue weighted by Gasteiger charge is 2.30. The van der Waals surface area contributed by atoms with Gasteiger partial charge < -0.3 is 0 Å². The van der Waals surface area contributed by atoms with Crippen LogP contribution in [0.25, 0.3) is 11.3 Å². The minimum absolute atomic E-state index is 0.0493. The first-order chi connectivity index (χ1) is 9.18. The summed E-state index contributed by atoms with van der Waals surface area (Å²) in [6, 6.07) is 7.48. The van der Waals surface area contributed by atoms with E-state index < -0.39 is 18.6 Å². The fourth-order valence-electron chi connectivity index (χ4n) is 1.42. The molecule has 0 atom stereocenters. The summed E-state index contributed by atoms with van der Waals surface area (Å²) in [6.45, 7) is -2.28. The van der Waals surface area contributed by atoms with Crippen LogP contribution in [-0.4, -0.2) is 4.98 Å². The Hall–Kier alpha value is -1.84. The van der Waals surface area contributed by atoms with E-state index in [1.54, 1.807) is 0 Å². The largest absolute Gasteiger partial charge is 0.416 e. The maximum absolute atomic E-state index is 12.6. The van der Waals surface area contributed by atoms with E-state index in [9.17, 15) is 13.2 Å². The van der Waals surface area contributed by atoms with E-state index in [1.165, 1.54) is 24.3 Å². The second kappa shape index (κ2) is 4.20.